The Morgan fingerprint density at radius 1 is 1.04 bits per heavy atom. The predicted octanol–water partition coefficient (Wildman–Crippen LogP) is 2.99. The molecule has 3 heterocycles. The first-order valence-electron chi connectivity index (χ1n) is 8.37. The molecular formula is C19H15N3O4. The number of hydrogen-bond acceptors (Lipinski definition) is 6. The molecule has 1 atom stereocenters. The fourth-order valence-electron chi connectivity index (χ4n) is 3.28. The summed E-state index contributed by atoms with van der Waals surface area (Å²) in [4.78, 5) is 18.6. The summed E-state index contributed by atoms with van der Waals surface area (Å²) in [6.07, 6.45) is 0.359. The number of nitrogens with zero attached hydrogens (tertiary/aromatic N) is 3. The van der Waals surface area contributed by atoms with E-state index >= 15 is 0 Å². The van der Waals surface area contributed by atoms with Crippen LogP contribution in [-0.4, -0.2) is 29.4 Å². The fourth-order valence-corrected chi connectivity index (χ4v) is 3.28. The van der Waals surface area contributed by atoms with Gasteiger partial charge in [0.25, 0.3) is 0 Å². The summed E-state index contributed by atoms with van der Waals surface area (Å²) in [6.45, 7) is 0.751. The van der Waals surface area contributed by atoms with Gasteiger partial charge in [-0.2, -0.15) is 4.98 Å². The molecule has 0 radical (unpaired) electrons. The van der Waals surface area contributed by atoms with E-state index in [1.807, 2.05) is 48.5 Å². The molecule has 5 rings (SSSR count). The van der Waals surface area contributed by atoms with Gasteiger partial charge in [-0.1, -0.05) is 23.4 Å². The molecule has 1 amide bonds. The van der Waals surface area contributed by atoms with Crippen molar-refractivity contribution in [2.45, 2.75) is 12.3 Å². The molecule has 2 aliphatic rings. The van der Waals surface area contributed by atoms with Gasteiger partial charge in [0.2, 0.25) is 24.4 Å². The summed E-state index contributed by atoms with van der Waals surface area (Å²) in [5, 5.41) is 4.07. The largest absolute Gasteiger partial charge is 0.454 e. The van der Waals surface area contributed by atoms with E-state index in [-0.39, 0.29) is 18.6 Å². The van der Waals surface area contributed by atoms with Crippen molar-refractivity contribution in [3.05, 3.63) is 54.4 Å². The van der Waals surface area contributed by atoms with Crippen LogP contribution < -0.4 is 14.4 Å². The third-order valence-electron chi connectivity index (χ3n) is 4.61. The molecule has 1 aromatic heterocycles. The molecule has 26 heavy (non-hydrogen) atoms. The molecule has 0 N–H and O–H groups in total. The number of hydrogen-bond donors (Lipinski definition) is 0. The Kier molecular flexibility index (Phi) is 3.38. The van der Waals surface area contributed by atoms with E-state index in [4.69, 9.17) is 14.0 Å². The molecule has 0 unspecified atom stereocenters. The number of amides is 1. The van der Waals surface area contributed by atoms with Crippen LogP contribution in [0.15, 0.2) is 53.1 Å². The van der Waals surface area contributed by atoms with Crippen molar-refractivity contribution < 1.29 is 18.8 Å². The van der Waals surface area contributed by atoms with Gasteiger partial charge in [0, 0.05) is 24.2 Å². The van der Waals surface area contributed by atoms with Gasteiger partial charge in [-0.25, -0.2) is 0 Å². The third-order valence-corrected chi connectivity index (χ3v) is 4.61. The lowest BCUT2D eigenvalue weighted by atomic mass is 10.1. The van der Waals surface area contributed by atoms with Gasteiger partial charge in [-0.15, -0.1) is 0 Å². The number of rotatable bonds is 3. The van der Waals surface area contributed by atoms with Crippen LogP contribution >= 0.6 is 0 Å². The third kappa shape index (κ3) is 2.48. The summed E-state index contributed by atoms with van der Waals surface area (Å²) in [7, 11) is 0. The van der Waals surface area contributed by atoms with Crippen LogP contribution in [0.3, 0.4) is 0 Å². The predicted molar refractivity (Wildman–Crippen MR) is 92.0 cm³/mol. The van der Waals surface area contributed by atoms with Crippen LogP contribution in [0.5, 0.6) is 11.5 Å². The lowest BCUT2D eigenvalue weighted by molar-refractivity contribution is -0.117. The van der Waals surface area contributed by atoms with E-state index in [1.165, 1.54) is 0 Å². The molecule has 0 bridgehead atoms. The molecule has 0 spiro atoms. The number of anilines is 1. The first kappa shape index (κ1) is 14.9. The number of fused-ring (bicyclic) bond motifs is 1. The molecule has 1 fully saturated rings. The highest BCUT2D eigenvalue weighted by atomic mass is 16.7. The van der Waals surface area contributed by atoms with E-state index in [0.717, 1.165) is 11.3 Å². The minimum atomic E-state index is -0.113. The van der Waals surface area contributed by atoms with Crippen LogP contribution in [0.4, 0.5) is 5.69 Å². The normalized spacial score (nSPS) is 18.5. The van der Waals surface area contributed by atoms with Crippen molar-refractivity contribution in [3.63, 3.8) is 0 Å². The highest BCUT2D eigenvalue weighted by Gasteiger charge is 2.35. The zero-order chi connectivity index (χ0) is 17.5. The first-order valence-corrected chi connectivity index (χ1v) is 8.37. The molecule has 2 aliphatic heterocycles. The number of benzene rings is 2. The molecule has 0 aliphatic carbocycles. The van der Waals surface area contributed by atoms with Gasteiger partial charge in [0.1, 0.15) is 0 Å². The highest BCUT2D eigenvalue weighted by Crippen LogP contribution is 2.36. The highest BCUT2D eigenvalue weighted by molar-refractivity contribution is 5.96. The molecule has 130 valence electrons. The Bertz CT molecular complexity index is 970. The number of carbonyl (C=O) groups is 1. The second-order valence-electron chi connectivity index (χ2n) is 6.27. The number of carbonyl (C=O) groups excluding carboxylic acids is 1. The maximum Gasteiger partial charge on any atom is 0.232 e. The lowest BCUT2D eigenvalue weighted by Crippen LogP contribution is -2.24. The minimum absolute atomic E-state index is 0.0593. The van der Waals surface area contributed by atoms with Crippen LogP contribution in [-0.2, 0) is 4.79 Å². The van der Waals surface area contributed by atoms with Gasteiger partial charge in [0.05, 0.1) is 5.92 Å². The van der Waals surface area contributed by atoms with E-state index in [1.54, 1.807) is 4.90 Å². The molecule has 0 saturated carbocycles. The van der Waals surface area contributed by atoms with Crippen LogP contribution in [0.2, 0.25) is 0 Å². The first-order chi connectivity index (χ1) is 12.8. The SMILES string of the molecule is O=C1C[C@@H](c2nc(-c3ccc4c(c3)OCO4)no2)CN1c1ccccc1. The molecule has 1 saturated heterocycles. The van der Waals surface area contributed by atoms with Gasteiger partial charge < -0.3 is 18.9 Å². The Balaban J connectivity index is 1.38. The van der Waals surface area contributed by atoms with Crippen molar-refractivity contribution >= 4 is 11.6 Å². The van der Waals surface area contributed by atoms with E-state index in [2.05, 4.69) is 10.1 Å². The van der Waals surface area contributed by atoms with Gasteiger partial charge in [0.15, 0.2) is 11.5 Å². The average Bonchev–Trinajstić information content (AvgIpc) is 3.40. The van der Waals surface area contributed by atoms with E-state index in [9.17, 15) is 4.79 Å². The molecule has 7 heteroatoms. The maximum atomic E-state index is 12.4. The summed E-state index contributed by atoms with van der Waals surface area (Å²) in [5.74, 6) is 2.27. The van der Waals surface area contributed by atoms with Crippen LogP contribution in [0, 0.1) is 0 Å². The smallest absolute Gasteiger partial charge is 0.232 e. The fraction of sp³-hybridized carbons (Fsp3) is 0.211. The summed E-state index contributed by atoms with van der Waals surface area (Å²) >= 11 is 0. The van der Waals surface area contributed by atoms with E-state index in [0.29, 0.717) is 36.2 Å². The second kappa shape index (κ2) is 5.87. The molecular weight excluding hydrogens is 334 g/mol. The Labute approximate surface area is 149 Å². The number of para-hydroxylation sites is 1. The summed E-state index contributed by atoms with van der Waals surface area (Å²) in [6, 6.07) is 15.1. The maximum absolute atomic E-state index is 12.4. The van der Waals surface area contributed by atoms with Crippen molar-refractivity contribution in [3.8, 4) is 22.9 Å². The van der Waals surface area contributed by atoms with Crippen molar-refractivity contribution in [1.29, 1.82) is 0 Å². The van der Waals surface area contributed by atoms with E-state index < -0.39 is 0 Å². The topological polar surface area (TPSA) is 77.7 Å². The number of aromatic nitrogens is 2. The molecule has 3 aromatic rings. The Morgan fingerprint density at radius 3 is 2.77 bits per heavy atom. The van der Waals surface area contributed by atoms with Crippen LogP contribution in [0.25, 0.3) is 11.4 Å². The summed E-state index contributed by atoms with van der Waals surface area (Å²) < 4.78 is 16.1. The monoisotopic (exact) mass is 349 g/mol. The Hall–Kier alpha value is -3.35. The zero-order valence-corrected chi connectivity index (χ0v) is 13.8. The Morgan fingerprint density at radius 2 is 1.88 bits per heavy atom. The van der Waals surface area contributed by atoms with Gasteiger partial charge in [-0.05, 0) is 30.3 Å². The molecule has 7 nitrogen and oxygen atoms in total. The minimum Gasteiger partial charge on any atom is -0.454 e. The number of ether oxygens (including phenoxy) is 2. The van der Waals surface area contributed by atoms with Crippen molar-refractivity contribution in [1.82, 2.24) is 10.1 Å². The quantitative estimate of drug-likeness (QED) is 0.723. The van der Waals surface area contributed by atoms with Crippen LogP contribution in [0.1, 0.15) is 18.2 Å². The summed E-state index contributed by atoms with van der Waals surface area (Å²) in [5.41, 5.74) is 1.67. The van der Waals surface area contributed by atoms with Gasteiger partial charge >= 0.3 is 0 Å². The van der Waals surface area contributed by atoms with Gasteiger partial charge in [-0.3, -0.25) is 4.79 Å². The van der Waals surface area contributed by atoms with Crippen molar-refractivity contribution in [2.75, 3.05) is 18.2 Å². The zero-order valence-electron chi connectivity index (χ0n) is 13.8. The lowest BCUT2D eigenvalue weighted by Gasteiger charge is -2.15. The average molecular weight is 349 g/mol. The standard InChI is InChI=1S/C19H15N3O4/c23-17-9-13(10-22(17)14-4-2-1-3-5-14)19-20-18(21-26-19)12-6-7-15-16(8-12)25-11-24-15/h1-8,13H,9-11H2/t13-/m1/s1. The second-order valence-corrected chi connectivity index (χ2v) is 6.27. The van der Waals surface area contributed by atoms with Crippen molar-refractivity contribution in [2.24, 2.45) is 0 Å². The molecule has 2 aromatic carbocycles.